The maximum absolute atomic E-state index is 11.0. The standard InChI is InChI=1S/C11H12Cl3NO2/c1-5(2)10(11(16)17)15-6-3-7(12)9(14)8(13)4-6/h3-5,10,15H,1-2H3,(H,16,17)/t10-/m0/s1. The normalized spacial score (nSPS) is 12.6. The Labute approximate surface area is 115 Å². The lowest BCUT2D eigenvalue weighted by Crippen LogP contribution is -2.34. The van der Waals surface area contributed by atoms with E-state index in [2.05, 4.69) is 5.32 Å². The number of hydrogen-bond donors (Lipinski definition) is 2. The van der Waals surface area contributed by atoms with Crippen molar-refractivity contribution in [2.75, 3.05) is 5.32 Å². The van der Waals surface area contributed by atoms with Gasteiger partial charge in [0.1, 0.15) is 6.04 Å². The molecule has 0 fully saturated rings. The van der Waals surface area contributed by atoms with Crippen molar-refractivity contribution in [2.24, 2.45) is 5.92 Å². The molecule has 0 unspecified atom stereocenters. The lowest BCUT2D eigenvalue weighted by Gasteiger charge is -2.19. The summed E-state index contributed by atoms with van der Waals surface area (Å²) in [4.78, 5) is 11.0. The number of halogens is 3. The summed E-state index contributed by atoms with van der Waals surface area (Å²) in [6.45, 7) is 3.62. The number of rotatable bonds is 4. The summed E-state index contributed by atoms with van der Waals surface area (Å²) in [5.74, 6) is -0.997. The van der Waals surface area contributed by atoms with Crippen molar-refractivity contribution in [1.29, 1.82) is 0 Å². The Morgan fingerprint density at radius 2 is 1.71 bits per heavy atom. The van der Waals surface area contributed by atoms with E-state index in [0.717, 1.165) is 0 Å². The molecule has 1 rings (SSSR count). The van der Waals surface area contributed by atoms with Crippen LogP contribution in [0, 0.1) is 5.92 Å². The number of carboxylic acids is 1. The molecular weight excluding hydrogens is 284 g/mol. The average molecular weight is 297 g/mol. The van der Waals surface area contributed by atoms with Gasteiger partial charge in [0.25, 0.3) is 0 Å². The molecule has 3 nitrogen and oxygen atoms in total. The molecule has 1 aromatic carbocycles. The molecule has 0 bridgehead atoms. The first kappa shape index (κ1) is 14.4. The van der Waals surface area contributed by atoms with Crippen LogP contribution in [-0.4, -0.2) is 17.1 Å². The van der Waals surface area contributed by atoms with Crippen molar-refractivity contribution in [2.45, 2.75) is 19.9 Å². The van der Waals surface area contributed by atoms with E-state index in [0.29, 0.717) is 5.69 Å². The first-order valence-corrected chi connectivity index (χ1v) is 6.10. The van der Waals surface area contributed by atoms with Crippen LogP contribution in [-0.2, 0) is 4.79 Å². The van der Waals surface area contributed by atoms with Crippen LogP contribution in [0.5, 0.6) is 0 Å². The van der Waals surface area contributed by atoms with Gasteiger partial charge in [0, 0.05) is 5.69 Å². The van der Waals surface area contributed by atoms with Gasteiger partial charge in [-0.25, -0.2) is 4.79 Å². The molecule has 0 aliphatic heterocycles. The van der Waals surface area contributed by atoms with E-state index in [4.69, 9.17) is 39.9 Å². The Morgan fingerprint density at radius 3 is 2.06 bits per heavy atom. The second-order valence-electron chi connectivity index (χ2n) is 3.96. The van der Waals surface area contributed by atoms with E-state index in [1.807, 2.05) is 13.8 Å². The predicted molar refractivity (Wildman–Crippen MR) is 71.4 cm³/mol. The fourth-order valence-corrected chi connectivity index (χ4v) is 1.93. The van der Waals surface area contributed by atoms with Gasteiger partial charge in [-0.3, -0.25) is 0 Å². The molecule has 1 atom stereocenters. The minimum absolute atomic E-state index is 0.0688. The SMILES string of the molecule is CC(C)[C@H](Nc1cc(Cl)c(Cl)c(Cl)c1)C(=O)O. The fourth-order valence-electron chi connectivity index (χ4n) is 1.33. The Balaban J connectivity index is 2.98. The lowest BCUT2D eigenvalue weighted by molar-refractivity contribution is -0.138. The summed E-state index contributed by atoms with van der Waals surface area (Å²) >= 11 is 17.5. The van der Waals surface area contributed by atoms with Gasteiger partial charge in [-0.2, -0.15) is 0 Å². The number of hydrogen-bond acceptors (Lipinski definition) is 2. The molecule has 0 aromatic heterocycles. The molecule has 94 valence electrons. The highest BCUT2D eigenvalue weighted by atomic mass is 35.5. The van der Waals surface area contributed by atoms with Crippen LogP contribution in [0.2, 0.25) is 15.1 Å². The largest absolute Gasteiger partial charge is 0.480 e. The number of aliphatic carboxylic acids is 1. The second kappa shape index (κ2) is 5.80. The quantitative estimate of drug-likeness (QED) is 0.820. The Morgan fingerprint density at radius 1 is 1.24 bits per heavy atom. The minimum atomic E-state index is -0.929. The molecule has 0 radical (unpaired) electrons. The average Bonchev–Trinajstić information content (AvgIpc) is 2.21. The van der Waals surface area contributed by atoms with Crippen LogP contribution < -0.4 is 5.32 Å². The first-order valence-electron chi connectivity index (χ1n) is 4.96. The number of carbonyl (C=O) groups is 1. The summed E-state index contributed by atoms with van der Waals surface area (Å²) < 4.78 is 0. The molecule has 0 saturated carbocycles. The monoisotopic (exact) mass is 295 g/mol. The zero-order chi connectivity index (χ0) is 13.2. The third-order valence-corrected chi connectivity index (χ3v) is 3.44. The highest BCUT2D eigenvalue weighted by Gasteiger charge is 2.21. The van der Waals surface area contributed by atoms with E-state index < -0.39 is 12.0 Å². The van der Waals surface area contributed by atoms with Crippen molar-refractivity contribution in [3.63, 3.8) is 0 Å². The van der Waals surface area contributed by atoms with Crippen LogP contribution >= 0.6 is 34.8 Å². The summed E-state index contributed by atoms with van der Waals surface area (Å²) in [5, 5.41) is 12.7. The van der Waals surface area contributed by atoms with Gasteiger partial charge >= 0.3 is 5.97 Å². The Bertz CT molecular complexity index is 412. The van der Waals surface area contributed by atoms with Gasteiger partial charge in [0.05, 0.1) is 15.1 Å². The molecule has 0 aliphatic carbocycles. The highest BCUT2D eigenvalue weighted by Crippen LogP contribution is 2.33. The molecule has 2 N–H and O–H groups in total. The summed E-state index contributed by atoms with van der Waals surface area (Å²) in [7, 11) is 0. The molecule has 1 aromatic rings. The topological polar surface area (TPSA) is 49.3 Å². The summed E-state index contributed by atoms with van der Waals surface area (Å²) in [5.41, 5.74) is 0.533. The van der Waals surface area contributed by atoms with E-state index in [9.17, 15) is 4.79 Å². The molecule has 0 amide bonds. The van der Waals surface area contributed by atoms with Gasteiger partial charge in [-0.15, -0.1) is 0 Å². The zero-order valence-electron chi connectivity index (χ0n) is 9.30. The zero-order valence-corrected chi connectivity index (χ0v) is 11.6. The van der Waals surface area contributed by atoms with Gasteiger partial charge in [0.15, 0.2) is 0 Å². The number of carboxylic acid groups (broad SMARTS) is 1. The molecule has 6 heteroatoms. The highest BCUT2D eigenvalue weighted by molar-refractivity contribution is 6.48. The van der Waals surface area contributed by atoms with Gasteiger partial charge in [-0.05, 0) is 18.1 Å². The van der Waals surface area contributed by atoms with Crippen molar-refractivity contribution >= 4 is 46.5 Å². The molecule has 17 heavy (non-hydrogen) atoms. The Hall–Kier alpha value is -0.640. The summed E-state index contributed by atoms with van der Waals surface area (Å²) in [6.07, 6.45) is 0. The van der Waals surface area contributed by atoms with Gasteiger partial charge < -0.3 is 10.4 Å². The number of benzene rings is 1. The molecule has 0 spiro atoms. The van der Waals surface area contributed by atoms with E-state index in [1.165, 1.54) is 0 Å². The van der Waals surface area contributed by atoms with Crippen LogP contribution in [0.3, 0.4) is 0 Å². The fraction of sp³-hybridized carbons (Fsp3) is 0.364. The van der Waals surface area contributed by atoms with E-state index in [1.54, 1.807) is 12.1 Å². The maximum Gasteiger partial charge on any atom is 0.326 e. The minimum Gasteiger partial charge on any atom is -0.480 e. The third-order valence-electron chi connectivity index (χ3n) is 2.24. The van der Waals surface area contributed by atoms with Crippen molar-refractivity contribution in [3.8, 4) is 0 Å². The molecule has 0 saturated heterocycles. The lowest BCUT2D eigenvalue weighted by atomic mass is 10.0. The van der Waals surface area contributed by atoms with Gasteiger partial charge in [-0.1, -0.05) is 48.7 Å². The van der Waals surface area contributed by atoms with Gasteiger partial charge in [0.2, 0.25) is 0 Å². The molecule has 0 heterocycles. The number of nitrogens with one attached hydrogen (secondary N) is 1. The first-order chi connectivity index (χ1) is 7.82. The molecular formula is C11H12Cl3NO2. The van der Waals surface area contributed by atoms with Crippen LogP contribution in [0.4, 0.5) is 5.69 Å². The van der Waals surface area contributed by atoms with Crippen LogP contribution in [0.25, 0.3) is 0 Å². The second-order valence-corrected chi connectivity index (χ2v) is 5.15. The Kier molecular flexibility index (Phi) is 4.92. The maximum atomic E-state index is 11.0. The van der Waals surface area contributed by atoms with E-state index in [-0.39, 0.29) is 21.0 Å². The van der Waals surface area contributed by atoms with Crippen molar-refractivity contribution in [3.05, 3.63) is 27.2 Å². The molecule has 0 aliphatic rings. The van der Waals surface area contributed by atoms with Crippen molar-refractivity contribution < 1.29 is 9.90 Å². The van der Waals surface area contributed by atoms with Crippen LogP contribution in [0.1, 0.15) is 13.8 Å². The predicted octanol–water partition coefficient (Wildman–Crippen LogP) is 4.17. The van der Waals surface area contributed by atoms with Crippen molar-refractivity contribution in [1.82, 2.24) is 0 Å². The van der Waals surface area contributed by atoms with E-state index >= 15 is 0 Å². The van der Waals surface area contributed by atoms with Crippen LogP contribution in [0.15, 0.2) is 12.1 Å². The number of anilines is 1. The summed E-state index contributed by atoms with van der Waals surface area (Å²) in [6, 6.07) is 2.39. The third kappa shape index (κ3) is 3.66. The smallest absolute Gasteiger partial charge is 0.326 e.